The quantitative estimate of drug-likeness (QED) is 0.682. The smallest absolute Gasteiger partial charge is 0.355 e. The molecule has 1 amide bonds. The van der Waals surface area contributed by atoms with Gasteiger partial charge >= 0.3 is 5.97 Å². The highest BCUT2D eigenvalue weighted by Gasteiger charge is 2.15. The van der Waals surface area contributed by atoms with Gasteiger partial charge in [-0.25, -0.2) is 4.79 Å². The first-order valence-electron chi connectivity index (χ1n) is 7.82. The molecule has 25 heavy (non-hydrogen) atoms. The molecule has 0 fully saturated rings. The maximum Gasteiger partial charge on any atom is 0.355 e. The van der Waals surface area contributed by atoms with Gasteiger partial charge in [-0.2, -0.15) is 0 Å². The van der Waals surface area contributed by atoms with Gasteiger partial charge in [0, 0.05) is 15.9 Å². The summed E-state index contributed by atoms with van der Waals surface area (Å²) in [5.74, 6) is -0.946. The summed E-state index contributed by atoms with van der Waals surface area (Å²) in [6.07, 6.45) is 0. The summed E-state index contributed by atoms with van der Waals surface area (Å²) in [5.41, 5.74) is 2.04. The van der Waals surface area contributed by atoms with Gasteiger partial charge in [-0.3, -0.25) is 4.79 Å². The number of ether oxygens (including phenoxy) is 1. The highest BCUT2D eigenvalue weighted by atomic mass is 35.5. The number of aromatic amines is 1. The standard InChI is InChI=1S/C19H17ClN2O3/c1-12(13-6-4-7-15(20)9-13)21-18(23)11-25-19(24)17-10-14-5-2-3-8-16(14)22-17/h2-10,12,22H,11H2,1H3,(H,21,23)/t12-/m0/s1. The van der Waals surface area contributed by atoms with E-state index in [1.165, 1.54) is 0 Å². The number of carbonyl (C=O) groups excluding carboxylic acids is 2. The van der Waals surface area contributed by atoms with Crippen LogP contribution in [-0.2, 0) is 9.53 Å². The SMILES string of the molecule is C[C@H](NC(=O)COC(=O)c1cc2ccccc2[nH]1)c1cccc(Cl)c1. The Bertz CT molecular complexity index is 887. The van der Waals surface area contributed by atoms with Crippen LogP contribution in [0.2, 0.25) is 5.02 Å². The number of para-hydroxylation sites is 1. The zero-order chi connectivity index (χ0) is 17.8. The summed E-state index contributed by atoms with van der Waals surface area (Å²) >= 11 is 5.94. The number of hydrogen-bond acceptors (Lipinski definition) is 3. The predicted molar refractivity (Wildman–Crippen MR) is 96.6 cm³/mol. The van der Waals surface area contributed by atoms with Gasteiger partial charge in [-0.1, -0.05) is 41.9 Å². The molecule has 128 valence electrons. The van der Waals surface area contributed by atoms with Gasteiger partial charge in [0.25, 0.3) is 5.91 Å². The topological polar surface area (TPSA) is 71.2 Å². The Labute approximate surface area is 149 Å². The van der Waals surface area contributed by atoms with E-state index in [4.69, 9.17) is 16.3 Å². The number of amides is 1. The average Bonchev–Trinajstić information content (AvgIpc) is 3.04. The first-order chi connectivity index (χ1) is 12.0. The minimum Gasteiger partial charge on any atom is -0.451 e. The van der Waals surface area contributed by atoms with Gasteiger partial charge in [0.15, 0.2) is 6.61 Å². The normalized spacial score (nSPS) is 11.9. The Kier molecular flexibility index (Phi) is 5.05. The molecule has 0 aliphatic carbocycles. The molecule has 0 saturated heterocycles. The summed E-state index contributed by atoms with van der Waals surface area (Å²) in [6, 6.07) is 16.2. The van der Waals surface area contributed by atoms with Crippen LogP contribution in [-0.4, -0.2) is 23.5 Å². The zero-order valence-electron chi connectivity index (χ0n) is 13.6. The number of benzene rings is 2. The fraction of sp³-hybridized carbons (Fsp3) is 0.158. The van der Waals surface area contributed by atoms with E-state index in [1.54, 1.807) is 18.2 Å². The lowest BCUT2D eigenvalue weighted by atomic mass is 10.1. The Hall–Kier alpha value is -2.79. The molecule has 6 heteroatoms. The molecule has 1 atom stereocenters. The average molecular weight is 357 g/mol. The van der Waals surface area contributed by atoms with Gasteiger partial charge < -0.3 is 15.0 Å². The minimum absolute atomic E-state index is 0.238. The number of halogens is 1. The number of carbonyl (C=O) groups is 2. The molecule has 1 heterocycles. The molecular formula is C19H17ClN2O3. The van der Waals surface area contributed by atoms with Crippen molar-refractivity contribution in [2.75, 3.05) is 6.61 Å². The first-order valence-corrected chi connectivity index (χ1v) is 8.20. The summed E-state index contributed by atoms with van der Waals surface area (Å²) in [5, 5.41) is 4.28. The maximum atomic E-state index is 12.1. The highest BCUT2D eigenvalue weighted by Crippen LogP contribution is 2.17. The van der Waals surface area contributed by atoms with Crippen LogP contribution in [0.25, 0.3) is 10.9 Å². The molecule has 2 aromatic carbocycles. The van der Waals surface area contributed by atoms with Crippen molar-refractivity contribution < 1.29 is 14.3 Å². The molecule has 0 radical (unpaired) electrons. The zero-order valence-corrected chi connectivity index (χ0v) is 14.3. The molecule has 2 N–H and O–H groups in total. The molecule has 0 aliphatic heterocycles. The molecule has 0 saturated carbocycles. The van der Waals surface area contributed by atoms with E-state index in [2.05, 4.69) is 10.3 Å². The predicted octanol–water partition coefficient (Wildman–Crippen LogP) is 3.86. The van der Waals surface area contributed by atoms with Gasteiger partial charge in [0.1, 0.15) is 5.69 Å². The van der Waals surface area contributed by atoms with Gasteiger partial charge in [-0.15, -0.1) is 0 Å². The minimum atomic E-state index is -0.568. The number of fused-ring (bicyclic) bond motifs is 1. The maximum absolute atomic E-state index is 12.1. The van der Waals surface area contributed by atoms with Crippen molar-refractivity contribution in [2.45, 2.75) is 13.0 Å². The van der Waals surface area contributed by atoms with E-state index in [-0.39, 0.29) is 18.6 Å². The monoisotopic (exact) mass is 356 g/mol. The van der Waals surface area contributed by atoms with Gasteiger partial charge in [-0.05, 0) is 36.8 Å². The van der Waals surface area contributed by atoms with Crippen LogP contribution in [0.15, 0.2) is 54.6 Å². The second-order valence-electron chi connectivity index (χ2n) is 5.69. The van der Waals surface area contributed by atoms with E-state index < -0.39 is 5.97 Å². The Morgan fingerprint density at radius 3 is 2.72 bits per heavy atom. The molecular weight excluding hydrogens is 340 g/mol. The fourth-order valence-corrected chi connectivity index (χ4v) is 2.73. The Balaban J connectivity index is 1.55. The molecule has 0 aliphatic rings. The third-order valence-electron chi connectivity index (χ3n) is 3.81. The third-order valence-corrected chi connectivity index (χ3v) is 4.05. The number of nitrogens with one attached hydrogen (secondary N) is 2. The molecule has 5 nitrogen and oxygen atoms in total. The molecule has 1 aromatic heterocycles. The van der Waals surface area contributed by atoms with E-state index >= 15 is 0 Å². The highest BCUT2D eigenvalue weighted by molar-refractivity contribution is 6.30. The van der Waals surface area contributed by atoms with Crippen LogP contribution in [0.1, 0.15) is 29.0 Å². The van der Waals surface area contributed by atoms with Crippen LogP contribution in [0.3, 0.4) is 0 Å². The number of esters is 1. The van der Waals surface area contributed by atoms with E-state index in [9.17, 15) is 9.59 Å². The van der Waals surface area contributed by atoms with Crippen molar-refractivity contribution in [1.29, 1.82) is 0 Å². The molecule has 0 unspecified atom stereocenters. The first kappa shape index (κ1) is 17.0. The molecule has 3 aromatic rings. The van der Waals surface area contributed by atoms with Crippen molar-refractivity contribution in [3.8, 4) is 0 Å². The lowest BCUT2D eigenvalue weighted by Gasteiger charge is -2.14. The fourth-order valence-electron chi connectivity index (χ4n) is 2.53. The van der Waals surface area contributed by atoms with Crippen LogP contribution in [0.4, 0.5) is 0 Å². The van der Waals surface area contributed by atoms with Gasteiger partial charge in [0.05, 0.1) is 6.04 Å². The summed E-state index contributed by atoms with van der Waals surface area (Å²) in [7, 11) is 0. The Morgan fingerprint density at radius 2 is 1.96 bits per heavy atom. The number of rotatable bonds is 5. The summed E-state index contributed by atoms with van der Waals surface area (Å²) in [6.45, 7) is 1.49. The molecule has 3 rings (SSSR count). The van der Waals surface area contributed by atoms with Crippen molar-refractivity contribution in [3.63, 3.8) is 0 Å². The Morgan fingerprint density at radius 1 is 1.16 bits per heavy atom. The van der Waals surface area contributed by atoms with Crippen LogP contribution >= 0.6 is 11.6 Å². The van der Waals surface area contributed by atoms with Gasteiger partial charge in [0.2, 0.25) is 0 Å². The van der Waals surface area contributed by atoms with E-state index in [1.807, 2.05) is 43.3 Å². The molecule has 0 spiro atoms. The van der Waals surface area contributed by atoms with E-state index in [0.29, 0.717) is 10.7 Å². The molecule has 0 bridgehead atoms. The number of hydrogen-bond donors (Lipinski definition) is 2. The second-order valence-corrected chi connectivity index (χ2v) is 6.13. The lowest BCUT2D eigenvalue weighted by Crippen LogP contribution is -2.31. The number of aromatic nitrogens is 1. The summed E-state index contributed by atoms with van der Waals surface area (Å²) in [4.78, 5) is 27.0. The van der Waals surface area contributed by atoms with Crippen LogP contribution in [0, 0.1) is 0 Å². The van der Waals surface area contributed by atoms with Crippen molar-refractivity contribution in [3.05, 3.63) is 70.9 Å². The van der Waals surface area contributed by atoms with Crippen molar-refractivity contribution in [2.24, 2.45) is 0 Å². The van der Waals surface area contributed by atoms with Crippen LogP contribution < -0.4 is 5.32 Å². The van der Waals surface area contributed by atoms with Crippen molar-refractivity contribution >= 4 is 34.4 Å². The van der Waals surface area contributed by atoms with Crippen molar-refractivity contribution in [1.82, 2.24) is 10.3 Å². The third kappa shape index (κ3) is 4.19. The summed E-state index contributed by atoms with van der Waals surface area (Å²) < 4.78 is 5.07. The van der Waals surface area contributed by atoms with E-state index in [0.717, 1.165) is 16.5 Å². The number of H-pyrrole nitrogens is 1. The lowest BCUT2D eigenvalue weighted by molar-refractivity contribution is -0.124. The second kappa shape index (κ2) is 7.40. The van der Waals surface area contributed by atoms with Crippen LogP contribution in [0.5, 0.6) is 0 Å². The largest absolute Gasteiger partial charge is 0.451 e.